The zero-order chi connectivity index (χ0) is 65.3. The Morgan fingerprint density at radius 2 is 1.20 bits per heavy atom. The van der Waals surface area contributed by atoms with Gasteiger partial charge in [0.25, 0.3) is 0 Å². The number of Topliss-reactive ketones (excluding diaryl/α,β-unsaturated/α-hetero) is 1. The number of anilines is 3. The number of carboxylic acids is 1. The van der Waals surface area contributed by atoms with Gasteiger partial charge in [-0.3, -0.25) is 19.4 Å². The van der Waals surface area contributed by atoms with Crippen LogP contribution in [-0.2, 0) is 38.4 Å². The third kappa shape index (κ3) is 26.3. The molecule has 8 atom stereocenters. The summed E-state index contributed by atoms with van der Waals surface area (Å²) < 4.78 is 17.8. The van der Waals surface area contributed by atoms with Gasteiger partial charge in [0.05, 0.1) is 17.9 Å². The van der Waals surface area contributed by atoms with Crippen molar-refractivity contribution in [3.8, 4) is 17.2 Å². The van der Waals surface area contributed by atoms with Gasteiger partial charge in [-0.1, -0.05) is 77.1 Å². The standard InChI is InChI=1S/C26H37N5O3.C17H28N2O.C17H26N2O.C10H12N2O3.B.Na.H/c1-6-19-12-21(14-28-24(19)27)29-25(32)26(33)31-15-17(2)10-11-23(31)20-8-7-9-22(13-20)34-16-18(3)30(4)5;2*1-13-8-9-17(18-11-13)15-6-5-7-16(10-15)20-12-14(2)19(3)4;1-2-7-3-6(5-12-9(7)11)4-8(13)10(14)15;;;/h7-9,12-14,17-18,23H,6,10-11,15-16H2,1-5H3,(H2,27,28)(H,29,32);5-7,10,13-14,17-18H,8-9,11-12H2,1-4H3;5-7,10,13-14H,8-9,11-12H2,1-4H3;3,5H,2,4H2,1H3,(H2,11,12)(H,14,15);;;/q;;;;;+1;-1/t17-,18?,23+;13-,14?,17+;13-,14?;;;;/m000..../s1. The van der Waals surface area contributed by atoms with Crippen molar-refractivity contribution in [3.05, 3.63) is 131 Å². The van der Waals surface area contributed by atoms with Gasteiger partial charge in [0.2, 0.25) is 5.78 Å². The first-order valence-corrected chi connectivity index (χ1v) is 31.7. The SMILES string of the molecule is CC(COc1cccc(C2=NC[C@@H](C)CC2)c1)N(C)C.CC(COc1cccc([C@H]2CC[C@H](C)CN2)c1)N(C)C.CCc1cc(CC(=O)C(=O)O)cnc1N.CCc1cc(NC(=O)C(=O)N2C[C@@H](C)CC[C@@H]2c2cccc(OCC(C)N(C)C)c2)cnc1N.[B].[H-].[Na+]. The van der Waals surface area contributed by atoms with E-state index in [2.05, 4.69) is 147 Å². The van der Waals surface area contributed by atoms with Crippen molar-refractivity contribution in [2.75, 3.05) is 98.5 Å². The number of rotatable bonds is 21. The van der Waals surface area contributed by atoms with Crippen LogP contribution in [-0.4, -0.2) is 172 Å². The molecule has 0 spiro atoms. The Hall–Kier alpha value is -6.39. The topological polar surface area (TPSA) is 243 Å². The summed E-state index contributed by atoms with van der Waals surface area (Å²) in [6.07, 6.45) is 10.8. The second-order valence-corrected chi connectivity index (χ2v) is 25.0. The number of aryl methyl sites for hydroxylation is 2. The maximum absolute atomic E-state index is 13.3. The largest absolute Gasteiger partial charge is 1.00 e. The zero-order valence-electron chi connectivity index (χ0n) is 58.1. The molecular formula is C70H104BN11NaO8. The molecule has 3 aliphatic rings. The monoisotopic (exact) mass is 1260 g/mol. The molecule has 3 radical (unpaired) electrons. The minimum atomic E-state index is -1.43. The Kier molecular flexibility index (Phi) is 34.6. The second-order valence-electron chi connectivity index (χ2n) is 25.0. The van der Waals surface area contributed by atoms with Gasteiger partial charge in [0.1, 0.15) is 48.7 Å². The number of likely N-dealkylation sites (tertiary alicyclic amines) is 1. The minimum Gasteiger partial charge on any atom is -1.00 e. The van der Waals surface area contributed by atoms with Crippen LogP contribution >= 0.6 is 0 Å². The van der Waals surface area contributed by atoms with E-state index in [4.69, 9.17) is 35.8 Å². The second kappa shape index (κ2) is 39.9. The van der Waals surface area contributed by atoms with E-state index in [0.717, 1.165) is 84.7 Å². The fraction of sp³-hybridized carbons (Fsp3) is 0.529. The summed E-state index contributed by atoms with van der Waals surface area (Å²) in [6, 6.07) is 29.6. The molecule has 5 aromatic rings. The smallest absolute Gasteiger partial charge is 1.00 e. The maximum Gasteiger partial charge on any atom is 1.00 e. The molecule has 491 valence electrons. The molecule has 2 aromatic heterocycles. The number of pyridine rings is 2. The predicted molar refractivity (Wildman–Crippen MR) is 365 cm³/mol. The number of ether oxygens (including phenoxy) is 3. The van der Waals surface area contributed by atoms with E-state index in [1.165, 1.54) is 48.5 Å². The first kappa shape index (κ1) is 78.9. The van der Waals surface area contributed by atoms with Crippen LogP contribution in [0.5, 0.6) is 17.2 Å². The van der Waals surface area contributed by atoms with E-state index >= 15 is 0 Å². The van der Waals surface area contributed by atoms with Gasteiger partial charge in [0, 0.05) is 64.0 Å². The van der Waals surface area contributed by atoms with Gasteiger partial charge in [-0.25, -0.2) is 14.8 Å². The molecule has 7 N–H and O–H groups in total. The average molecular weight is 1260 g/mol. The van der Waals surface area contributed by atoms with Crippen LogP contribution in [0.15, 0.2) is 102 Å². The number of amides is 2. The van der Waals surface area contributed by atoms with Gasteiger partial charge in [0.15, 0.2) is 0 Å². The summed E-state index contributed by atoms with van der Waals surface area (Å²) in [5.41, 5.74) is 18.9. The van der Waals surface area contributed by atoms with Crippen LogP contribution in [0.25, 0.3) is 0 Å². The summed E-state index contributed by atoms with van der Waals surface area (Å²) >= 11 is 0. The number of nitrogens with one attached hydrogen (secondary N) is 2. The van der Waals surface area contributed by atoms with Gasteiger partial charge >= 0.3 is 47.3 Å². The van der Waals surface area contributed by atoms with E-state index in [1.807, 2.05) is 58.3 Å². The third-order valence-electron chi connectivity index (χ3n) is 16.9. The Morgan fingerprint density at radius 3 is 1.71 bits per heavy atom. The molecule has 0 bridgehead atoms. The number of carboxylic acid groups (broad SMARTS) is 1. The molecule has 2 fully saturated rings. The van der Waals surface area contributed by atoms with Crippen LogP contribution in [0.2, 0.25) is 0 Å². The number of benzene rings is 3. The van der Waals surface area contributed by atoms with Crippen molar-refractivity contribution in [2.45, 2.75) is 143 Å². The summed E-state index contributed by atoms with van der Waals surface area (Å²) in [6.45, 7) is 21.6. The van der Waals surface area contributed by atoms with Crippen LogP contribution in [0.4, 0.5) is 17.3 Å². The summed E-state index contributed by atoms with van der Waals surface area (Å²) in [4.78, 5) is 68.3. The van der Waals surface area contributed by atoms with Crippen molar-refractivity contribution in [1.82, 2.24) is 34.9 Å². The summed E-state index contributed by atoms with van der Waals surface area (Å²) in [7, 11) is 12.3. The van der Waals surface area contributed by atoms with Gasteiger partial charge in [-0.15, -0.1) is 0 Å². The van der Waals surface area contributed by atoms with E-state index in [0.29, 0.717) is 79.5 Å². The fourth-order valence-electron chi connectivity index (χ4n) is 9.96. The van der Waals surface area contributed by atoms with E-state index < -0.39 is 23.6 Å². The molecule has 2 saturated heterocycles. The van der Waals surface area contributed by atoms with Crippen molar-refractivity contribution in [3.63, 3.8) is 0 Å². The molecule has 0 aliphatic carbocycles. The quantitative estimate of drug-likeness (QED) is 0.0368. The number of aliphatic imine (C=N–C) groups is 1. The van der Waals surface area contributed by atoms with Gasteiger partial charge < -0.3 is 62.4 Å². The number of likely N-dealkylation sites (N-methyl/N-ethyl adjacent to an activating group) is 3. The number of carbonyl (C=O) groups is 4. The minimum absolute atomic E-state index is 0. The van der Waals surface area contributed by atoms with Gasteiger partial charge in [-0.05, 0) is 215 Å². The molecule has 21 heteroatoms. The molecule has 3 aliphatic heterocycles. The first-order valence-electron chi connectivity index (χ1n) is 31.7. The molecule has 19 nitrogen and oxygen atoms in total. The van der Waals surface area contributed by atoms with Crippen molar-refractivity contribution < 1.29 is 69.5 Å². The molecule has 0 saturated carbocycles. The third-order valence-corrected chi connectivity index (χ3v) is 16.9. The van der Waals surface area contributed by atoms with Crippen molar-refractivity contribution in [1.29, 1.82) is 0 Å². The number of aromatic nitrogens is 2. The van der Waals surface area contributed by atoms with Gasteiger partial charge in [-0.2, -0.15) is 0 Å². The molecule has 5 heterocycles. The normalized spacial score (nSPS) is 18.7. The number of nitrogen functional groups attached to an aromatic ring is 2. The number of hydrogen-bond donors (Lipinski definition) is 5. The van der Waals surface area contributed by atoms with Crippen LogP contribution in [0.3, 0.4) is 0 Å². The molecular weight excluding hydrogens is 1160 g/mol. The maximum atomic E-state index is 13.3. The first-order chi connectivity index (χ1) is 42.3. The molecule has 91 heavy (non-hydrogen) atoms. The Morgan fingerprint density at radius 1 is 0.681 bits per heavy atom. The predicted octanol–water partition coefficient (Wildman–Crippen LogP) is 6.96. The molecule has 3 aromatic carbocycles. The average Bonchev–Trinajstić information content (AvgIpc) is 0.935. The van der Waals surface area contributed by atoms with E-state index in [1.54, 1.807) is 17.0 Å². The van der Waals surface area contributed by atoms with Crippen molar-refractivity contribution in [2.24, 2.45) is 22.7 Å². The number of aliphatic carboxylic acids is 1. The number of carbonyl (C=O) groups excluding carboxylic acids is 3. The fourth-order valence-corrected chi connectivity index (χ4v) is 9.96. The van der Waals surface area contributed by atoms with Crippen LogP contribution < -0.4 is 65.9 Å². The number of piperidine rings is 2. The summed E-state index contributed by atoms with van der Waals surface area (Å²) in [5, 5.41) is 14.8. The van der Waals surface area contributed by atoms with E-state index in [9.17, 15) is 19.2 Å². The molecule has 3 unspecified atom stereocenters. The number of ketones is 1. The van der Waals surface area contributed by atoms with Crippen LogP contribution in [0, 0.1) is 17.8 Å². The zero-order valence-corrected chi connectivity index (χ0v) is 59.1. The molecule has 2 amide bonds. The summed E-state index contributed by atoms with van der Waals surface area (Å²) in [5.74, 6) is 1.90. The molecule has 8 rings (SSSR count). The Balaban J connectivity index is 0.000000434. The van der Waals surface area contributed by atoms with Crippen LogP contribution in [0.1, 0.15) is 141 Å². The number of nitrogens with zero attached hydrogens (tertiary/aromatic N) is 7. The number of hydrogen-bond acceptors (Lipinski definition) is 16. The number of nitrogens with two attached hydrogens (primary N) is 2. The van der Waals surface area contributed by atoms with Crippen molar-refractivity contribution >= 4 is 55.0 Å². The van der Waals surface area contributed by atoms with E-state index in [-0.39, 0.29) is 57.9 Å². The Bertz CT molecular complexity index is 3100. The Labute approximate surface area is 568 Å².